The predicted octanol–water partition coefficient (Wildman–Crippen LogP) is -0.435. The molecule has 0 aromatic heterocycles. The maximum absolute atomic E-state index is 12.0. The molecule has 0 radical (unpaired) electrons. The number of nitrogens with one attached hydrogen (secondary N) is 2. The third-order valence-corrected chi connectivity index (χ3v) is 6.34. The molecular weight excluding hydrogens is 392 g/mol. The molecule has 0 heterocycles. The molecule has 0 fully saturated rings. The molecule has 0 spiro atoms. The average molecular weight is 415 g/mol. The molecule has 0 aliphatic heterocycles. The van der Waals surface area contributed by atoms with Crippen LogP contribution in [0.3, 0.4) is 0 Å². The lowest BCUT2D eigenvalue weighted by Gasteiger charge is -2.15. The minimum Gasteiger partial charge on any atom is -0.329 e. The maximum Gasteiger partial charge on any atom is 0.240 e. The van der Waals surface area contributed by atoms with Gasteiger partial charge >= 0.3 is 0 Å². The number of nitrogens with zero attached hydrogens (tertiary/aromatic N) is 1. The van der Waals surface area contributed by atoms with Crippen LogP contribution >= 0.6 is 12.4 Å². The van der Waals surface area contributed by atoms with Gasteiger partial charge in [0.15, 0.2) is 0 Å². The molecule has 0 saturated heterocycles. The van der Waals surface area contributed by atoms with Gasteiger partial charge in [0.05, 0.1) is 17.2 Å². The molecule has 144 valence electrons. The van der Waals surface area contributed by atoms with E-state index in [0.29, 0.717) is 0 Å². The van der Waals surface area contributed by atoms with Crippen molar-refractivity contribution >= 4 is 44.0 Å². The Morgan fingerprint density at radius 1 is 1.24 bits per heavy atom. The van der Waals surface area contributed by atoms with E-state index in [1.807, 2.05) is 0 Å². The molecule has 0 bridgehead atoms. The molecule has 0 atom stereocenters. The summed E-state index contributed by atoms with van der Waals surface area (Å²) in [6.07, 6.45) is 0. The first kappa shape index (κ1) is 23.8. The van der Waals surface area contributed by atoms with E-state index in [4.69, 9.17) is 5.73 Å². The van der Waals surface area contributed by atoms with E-state index in [0.717, 1.165) is 4.31 Å². The van der Waals surface area contributed by atoms with Gasteiger partial charge in [-0.25, -0.2) is 21.6 Å². The van der Waals surface area contributed by atoms with E-state index < -0.39 is 26.0 Å². The Morgan fingerprint density at radius 2 is 1.88 bits per heavy atom. The number of carbonyl (C=O) groups is 1. The van der Waals surface area contributed by atoms with Gasteiger partial charge in [-0.1, -0.05) is 6.07 Å². The maximum atomic E-state index is 12.0. The van der Waals surface area contributed by atoms with Crippen molar-refractivity contribution in [3.63, 3.8) is 0 Å². The SMILES string of the molecule is CCS(=O)(=O)N(C)CC(=O)Nc1cccc(S(=O)(=O)NCCN)c1.Cl. The first-order valence-corrected chi connectivity index (χ1v) is 10.2. The Kier molecular flexibility index (Phi) is 9.54. The highest BCUT2D eigenvalue weighted by Gasteiger charge is 2.19. The van der Waals surface area contributed by atoms with Crippen LogP contribution in [0.5, 0.6) is 0 Å². The molecule has 1 amide bonds. The Labute approximate surface area is 154 Å². The van der Waals surface area contributed by atoms with Gasteiger partial charge in [0.1, 0.15) is 0 Å². The lowest BCUT2D eigenvalue weighted by Crippen LogP contribution is -2.35. The van der Waals surface area contributed by atoms with Crippen molar-refractivity contribution in [3.05, 3.63) is 24.3 Å². The van der Waals surface area contributed by atoms with Crippen molar-refractivity contribution in [2.45, 2.75) is 11.8 Å². The second kappa shape index (κ2) is 10.0. The minimum atomic E-state index is -3.72. The molecule has 1 rings (SSSR count). The van der Waals surface area contributed by atoms with Gasteiger partial charge in [-0.15, -0.1) is 12.4 Å². The van der Waals surface area contributed by atoms with Crippen LogP contribution in [0.15, 0.2) is 29.2 Å². The molecule has 0 aliphatic carbocycles. The van der Waals surface area contributed by atoms with E-state index in [2.05, 4.69) is 10.0 Å². The van der Waals surface area contributed by atoms with Crippen molar-refractivity contribution in [1.82, 2.24) is 9.03 Å². The normalized spacial score (nSPS) is 11.8. The molecule has 12 heteroatoms. The highest BCUT2D eigenvalue weighted by atomic mass is 35.5. The zero-order valence-electron chi connectivity index (χ0n) is 13.9. The molecular formula is C13H23ClN4O5S2. The number of likely N-dealkylation sites (N-methyl/N-ethyl adjacent to an activating group) is 1. The number of anilines is 1. The first-order valence-electron chi connectivity index (χ1n) is 7.16. The van der Waals surface area contributed by atoms with Gasteiger partial charge in [-0.2, -0.15) is 4.31 Å². The molecule has 1 aromatic carbocycles. The van der Waals surface area contributed by atoms with E-state index in [-0.39, 0.29) is 48.4 Å². The molecule has 0 unspecified atom stereocenters. The Balaban J connectivity index is 0.00000576. The van der Waals surface area contributed by atoms with Crippen molar-refractivity contribution in [2.24, 2.45) is 5.73 Å². The third kappa shape index (κ3) is 7.26. The second-order valence-corrected chi connectivity index (χ2v) is 9.05. The summed E-state index contributed by atoms with van der Waals surface area (Å²) in [5.41, 5.74) is 5.51. The molecule has 1 aromatic rings. The summed E-state index contributed by atoms with van der Waals surface area (Å²) in [4.78, 5) is 11.9. The van der Waals surface area contributed by atoms with Crippen molar-refractivity contribution in [3.8, 4) is 0 Å². The van der Waals surface area contributed by atoms with Gasteiger partial charge in [0, 0.05) is 25.8 Å². The number of benzene rings is 1. The van der Waals surface area contributed by atoms with Gasteiger partial charge in [-0.3, -0.25) is 4.79 Å². The Morgan fingerprint density at radius 3 is 2.44 bits per heavy atom. The van der Waals surface area contributed by atoms with Crippen molar-refractivity contribution < 1.29 is 21.6 Å². The predicted molar refractivity (Wildman–Crippen MR) is 98.7 cm³/mol. The summed E-state index contributed by atoms with van der Waals surface area (Å²) < 4.78 is 50.5. The van der Waals surface area contributed by atoms with Crippen LogP contribution in [0, 0.1) is 0 Å². The van der Waals surface area contributed by atoms with Crippen LogP contribution in [0.25, 0.3) is 0 Å². The zero-order chi connectivity index (χ0) is 18.4. The lowest BCUT2D eigenvalue weighted by molar-refractivity contribution is -0.116. The standard InChI is InChI=1S/C13H22N4O5S2.ClH/c1-3-23(19,20)17(2)10-13(18)16-11-5-4-6-12(9-11)24(21,22)15-8-7-14;/h4-6,9,15H,3,7-8,10,14H2,1-2H3,(H,16,18);1H. The van der Waals surface area contributed by atoms with Crippen molar-refractivity contribution in [1.29, 1.82) is 0 Å². The van der Waals surface area contributed by atoms with Crippen molar-refractivity contribution in [2.75, 3.05) is 37.8 Å². The quantitative estimate of drug-likeness (QED) is 0.501. The number of hydrogen-bond acceptors (Lipinski definition) is 6. The number of carbonyl (C=O) groups excluding carboxylic acids is 1. The number of sulfonamides is 2. The fourth-order valence-corrected chi connectivity index (χ4v) is 3.59. The lowest BCUT2D eigenvalue weighted by atomic mass is 10.3. The van der Waals surface area contributed by atoms with Gasteiger partial charge in [0.25, 0.3) is 0 Å². The summed E-state index contributed by atoms with van der Waals surface area (Å²) >= 11 is 0. The number of halogens is 1. The summed E-state index contributed by atoms with van der Waals surface area (Å²) in [5.74, 6) is -0.684. The summed E-state index contributed by atoms with van der Waals surface area (Å²) in [6, 6.07) is 5.64. The van der Waals surface area contributed by atoms with Crippen LogP contribution in [-0.2, 0) is 24.8 Å². The Hall–Kier alpha value is -1.24. The van der Waals surface area contributed by atoms with Gasteiger partial charge < -0.3 is 11.1 Å². The first-order chi connectivity index (χ1) is 11.1. The molecule has 4 N–H and O–H groups in total. The van der Waals surface area contributed by atoms with E-state index in [9.17, 15) is 21.6 Å². The fraction of sp³-hybridized carbons (Fsp3) is 0.462. The number of nitrogens with two attached hydrogens (primary N) is 1. The number of hydrogen-bond donors (Lipinski definition) is 3. The topological polar surface area (TPSA) is 139 Å². The summed E-state index contributed by atoms with van der Waals surface area (Å²) in [7, 11) is -5.89. The second-order valence-electron chi connectivity index (χ2n) is 4.92. The zero-order valence-corrected chi connectivity index (χ0v) is 16.4. The van der Waals surface area contributed by atoms with Crippen LogP contribution in [0.4, 0.5) is 5.69 Å². The van der Waals surface area contributed by atoms with E-state index >= 15 is 0 Å². The minimum absolute atomic E-state index is 0. The van der Waals surface area contributed by atoms with Crippen LogP contribution in [0.1, 0.15) is 6.92 Å². The van der Waals surface area contributed by atoms with E-state index in [1.54, 1.807) is 0 Å². The fourth-order valence-electron chi connectivity index (χ4n) is 1.74. The van der Waals surface area contributed by atoms with Crippen LogP contribution < -0.4 is 15.8 Å². The van der Waals surface area contributed by atoms with Crippen LogP contribution in [-0.4, -0.2) is 59.5 Å². The smallest absolute Gasteiger partial charge is 0.240 e. The number of amides is 1. The molecule has 0 aliphatic rings. The highest BCUT2D eigenvalue weighted by molar-refractivity contribution is 7.89. The monoisotopic (exact) mass is 414 g/mol. The number of rotatable bonds is 9. The molecule has 9 nitrogen and oxygen atoms in total. The van der Waals surface area contributed by atoms with E-state index in [1.165, 1.54) is 38.2 Å². The molecule has 0 saturated carbocycles. The average Bonchev–Trinajstić information content (AvgIpc) is 2.53. The molecule has 25 heavy (non-hydrogen) atoms. The van der Waals surface area contributed by atoms with Gasteiger partial charge in [-0.05, 0) is 25.1 Å². The highest BCUT2D eigenvalue weighted by Crippen LogP contribution is 2.15. The van der Waals surface area contributed by atoms with Crippen LogP contribution in [0.2, 0.25) is 0 Å². The Bertz CT molecular complexity index is 783. The van der Waals surface area contributed by atoms with Gasteiger partial charge in [0.2, 0.25) is 26.0 Å². The third-order valence-electron chi connectivity index (χ3n) is 3.07. The largest absolute Gasteiger partial charge is 0.329 e. The summed E-state index contributed by atoms with van der Waals surface area (Å²) in [5, 5.41) is 2.48. The summed E-state index contributed by atoms with van der Waals surface area (Å²) in [6.45, 7) is 1.37.